The van der Waals surface area contributed by atoms with E-state index in [0.29, 0.717) is 0 Å². The topological polar surface area (TPSA) is 12.4 Å². The van der Waals surface area contributed by atoms with Crippen LogP contribution in [-0.2, 0) is 0 Å². The second kappa shape index (κ2) is 7.64. The van der Waals surface area contributed by atoms with Gasteiger partial charge in [0.15, 0.2) is 0 Å². The Hall–Kier alpha value is -1.89. The lowest BCUT2D eigenvalue weighted by molar-refractivity contribution is 1.34. The van der Waals surface area contributed by atoms with Gasteiger partial charge in [-0.15, -0.1) is 0 Å². The SMILES string of the molecule is CC.CN=Cc1ccc(-c2ccc(C)c(C)c2)cc1C.[HH]. The summed E-state index contributed by atoms with van der Waals surface area (Å²) in [5.41, 5.74) is 7.67. The lowest BCUT2D eigenvalue weighted by Crippen LogP contribution is -1.89. The van der Waals surface area contributed by atoms with Crippen molar-refractivity contribution >= 4 is 6.21 Å². The number of aliphatic imine (C=N–C) groups is 1. The van der Waals surface area contributed by atoms with Crippen molar-refractivity contribution in [1.82, 2.24) is 0 Å². The predicted octanol–water partition coefficient (Wildman–Crippen LogP) is 5.60. The molecule has 1 heteroatoms. The van der Waals surface area contributed by atoms with E-state index in [1.165, 1.54) is 33.4 Å². The Morgan fingerprint density at radius 3 is 1.85 bits per heavy atom. The molecule has 2 aromatic carbocycles. The van der Waals surface area contributed by atoms with E-state index in [2.05, 4.69) is 62.2 Å². The molecule has 0 unspecified atom stereocenters. The standard InChI is InChI=1S/C17H19N.C2H6.H2/c1-12-5-6-15(9-13(12)2)16-7-8-17(11-18-4)14(3)10-16;1-2;/h5-11H,1-4H3;1-2H3;1H. The third-order valence-electron chi connectivity index (χ3n) is 3.38. The van der Waals surface area contributed by atoms with Crippen molar-refractivity contribution in [3.63, 3.8) is 0 Å². The monoisotopic (exact) mass is 269 g/mol. The second-order valence-corrected chi connectivity index (χ2v) is 4.76. The normalized spacial score (nSPS) is 10.3. The first-order valence-electron chi connectivity index (χ1n) is 7.22. The van der Waals surface area contributed by atoms with Crippen LogP contribution in [-0.4, -0.2) is 13.3 Å². The first kappa shape index (κ1) is 16.2. The number of hydrogen-bond donors (Lipinski definition) is 0. The van der Waals surface area contributed by atoms with E-state index in [0.717, 1.165) is 0 Å². The van der Waals surface area contributed by atoms with E-state index in [4.69, 9.17) is 0 Å². The van der Waals surface area contributed by atoms with Crippen LogP contribution in [0, 0.1) is 20.8 Å². The Bertz CT molecular complexity index is 601. The lowest BCUT2D eigenvalue weighted by Gasteiger charge is -2.08. The van der Waals surface area contributed by atoms with Crippen molar-refractivity contribution in [2.24, 2.45) is 4.99 Å². The van der Waals surface area contributed by atoms with E-state index in [1.807, 2.05) is 20.1 Å². The molecule has 0 aliphatic carbocycles. The summed E-state index contributed by atoms with van der Waals surface area (Å²) in [7, 11) is 1.80. The minimum absolute atomic E-state index is 0. The van der Waals surface area contributed by atoms with Crippen LogP contribution in [0.15, 0.2) is 41.4 Å². The van der Waals surface area contributed by atoms with Gasteiger partial charge >= 0.3 is 0 Å². The number of benzene rings is 2. The molecule has 0 atom stereocenters. The third-order valence-corrected chi connectivity index (χ3v) is 3.38. The zero-order valence-corrected chi connectivity index (χ0v) is 13.5. The minimum Gasteiger partial charge on any atom is -0.296 e. The summed E-state index contributed by atoms with van der Waals surface area (Å²) in [5.74, 6) is 0. The molecule has 0 aliphatic heterocycles. The van der Waals surface area contributed by atoms with Gasteiger partial charge in [-0.25, -0.2) is 0 Å². The van der Waals surface area contributed by atoms with Crippen molar-refractivity contribution in [2.75, 3.05) is 7.05 Å². The highest BCUT2D eigenvalue weighted by atomic mass is 14.6. The molecule has 0 amide bonds. The Balaban J connectivity index is 0.00000128. The van der Waals surface area contributed by atoms with Gasteiger partial charge in [-0.1, -0.05) is 50.2 Å². The molecule has 0 spiro atoms. The van der Waals surface area contributed by atoms with Crippen molar-refractivity contribution in [2.45, 2.75) is 34.6 Å². The van der Waals surface area contributed by atoms with Gasteiger partial charge < -0.3 is 0 Å². The molecule has 1 nitrogen and oxygen atoms in total. The summed E-state index contributed by atoms with van der Waals surface area (Å²) in [6, 6.07) is 13.1. The van der Waals surface area contributed by atoms with Gasteiger partial charge in [0.1, 0.15) is 0 Å². The highest BCUT2D eigenvalue weighted by Crippen LogP contribution is 2.24. The molecule has 0 saturated heterocycles. The summed E-state index contributed by atoms with van der Waals surface area (Å²) in [4.78, 5) is 4.07. The molecule has 0 fully saturated rings. The van der Waals surface area contributed by atoms with Gasteiger partial charge in [0.25, 0.3) is 0 Å². The number of aryl methyl sites for hydroxylation is 3. The summed E-state index contributed by atoms with van der Waals surface area (Å²) in [6.45, 7) is 10.4. The molecule has 108 valence electrons. The zero-order valence-electron chi connectivity index (χ0n) is 13.5. The summed E-state index contributed by atoms with van der Waals surface area (Å²) in [5, 5.41) is 0. The molecule has 0 bridgehead atoms. The van der Waals surface area contributed by atoms with Crippen LogP contribution in [0.2, 0.25) is 0 Å². The van der Waals surface area contributed by atoms with Gasteiger partial charge in [-0.05, 0) is 54.2 Å². The van der Waals surface area contributed by atoms with Crippen LogP contribution < -0.4 is 0 Å². The number of rotatable bonds is 2. The summed E-state index contributed by atoms with van der Waals surface area (Å²) >= 11 is 0. The molecule has 2 aromatic rings. The molecule has 0 aromatic heterocycles. The number of hydrogen-bond acceptors (Lipinski definition) is 1. The van der Waals surface area contributed by atoms with Gasteiger partial charge in [-0.2, -0.15) is 0 Å². The van der Waals surface area contributed by atoms with Crippen LogP contribution in [0.25, 0.3) is 11.1 Å². The fourth-order valence-corrected chi connectivity index (χ4v) is 2.06. The molecule has 0 radical (unpaired) electrons. The maximum Gasteiger partial charge on any atom is 0.0284 e. The Kier molecular flexibility index (Phi) is 6.17. The van der Waals surface area contributed by atoms with E-state index in [1.54, 1.807) is 7.05 Å². The molecule has 0 N–H and O–H groups in total. The summed E-state index contributed by atoms with van der Waals surface area (Å²) in [6.07, 6.45) is 1.90. The average Bonchev–Trinajstić information content (AvgIpc) is 2.46. The van der Waals surface area contributed by atoms with Crippen molar-refractivity contribution in [3.8, 4) is 11.1 Å². The van der Waals surface area contributed by atoms with Gasteiger partial charge in [0.05, 0.1) is 0 Å². The highest BCUT2D eigenvalue weighted by molar-refractivity contribution is 5.83. The Morgan fingerprint density at radius 2 is 1.35 bits per heavy atom. The van der Waals surface area contributed by atoms with E-state index < -0.39 is 0 Å². The second-order valence-electron chi connectivity index (χ2n) is 4.76. The fraction of sp³-hybridized carbons (Fsp3) is 0.316. The molecule has 20 heavy (non-hydrogen) atoms. The third kappa shape index (κ3) is 3.80. The average molecular weight is 269 g/mol. The van der Waals surface area contributed by atoms with Crippen LogP contribution >= 0.6 is 0 Å². The van der Waals surface area contributed by atoms with E-state index >= 15 is 0 Å². The zero-order chi connectivity index (χ0) is 15.1. The molecule has 0 saturated carbocycles. The molecular weight excluding hydrogens is 242 g/mol. The van der Waals surface area contributed by atoms with Crippen molar-refractivity contribution in [3.05, 3.63) is 58.7 Å². The van der Waals surface area contributed by atoms with Crippen LogP contribution in [0.1, 0.15) is 37.5 Å². The van der Waals surface area contributed by atoms with Crippen LogP contribution in [0.4, 0.5) is 0 Å². The summed E-state index contributed by atoms with van der Waals surface area (Å²) < 4.78 is 0. The minimum atomic E-state index is 0. The fourth-order valence-electron chi connectivity index (χ4n) is 2.06. The van der Waals surface area contributed by atoms with Crippen molar-refractivity contribution < 1.29 is 1.43 Å². The lowest BCUT2D eigenvalue weighted by atomic mass is 9.97. The van der Waals surface area contributed by atoms with Gasteiger partial charge in [0.2, 0.25) is 0 Å². The van der Waals surface area contributed by atoms with Crippen LogP contribution in [0.3, 0.4) is 0 Å². The number of nitrogens with zero attached hydrogens (tertiary/aromatic N) is 1. The highest BCUT2D eigenvalue weighted by Gasteiger charge is 2.02. The smallest absolute Gasteiger partial charge is 0.0284 e. The molecule has 0 aliphatic rings. The molecular formula is C19H27N. The van der Waals surface area contributed by atoms with Crippen molar-refractivity contribution in [1.29, 1.82) is 0 Å². The first-order valence-corrected chi connectivity index (χ1v) is 7.22. The maximum atomic E-state index is 4.07. The van der Waals surface area contributed by atoms with Gasteiger partial charge in [0, 0.05) is 14.7 Å². The Morgan fingerprint density at radius 1 is 0.800 bits per heavy atom. The van der Waals surface area contributed by atoms with Gasteiger partial charge in [-0.3, -0.25) is 4.99 Å². The van der Waals surface area contributed by atoms with Crippen LogP contribution in [0.5, 0.6) is 0 Å². The first-order chi connectivity index (χ1) is 9.61. The quantitative estimate of drug-likeness (QED) is 0.629. The Labute approximate surface area is 124 Å². The maximum absolute atomic E-state index is 4.07. The largest absolute Gasteiger partial charge is 0.296 e. The van der Waals surface area contributed by atoms with E-state index in [-0.39, 0.29) is 1.43 Å². The molecule has 2 rings (SSSR count). The molecule has 0 heterocycles. The van der Waals surface area contributed by atoms with E-state index in [9.17, 15) is 0 Å². The predicted molar refractivity (Wildman–Crippen MR) is 93.1 cm³/mol.